The van der Waals surface area contributed by atoms with E-state index in [9.17, 15) is 23.8 Å². The van der Waals surface area contributed by atoms with E-state index < -0.39 is 26.8 Å². The SMILES string of the molecule is CC(C)P(=O)(O)NCCCOCCOCCOCCOCC(COP(=O)(O)C(C)C)N=O. The average Bonchev–Trinajstić information content (AvgIpc) is 2.72. The molecule has 0 radical (unpaired) electrons. The average molecular weight is 506 g/mol. The van der Waals surface area contributed by atoms with Gasteiger partial charge >= 0.3 is 7.60 Å². The summed E-state index contributed by atoms with van der Waals surface area (Å²) in [6.45, 7) is 9.22. The van der Waals surface area contributed by atoms with Crippen LogP contribution in [0.4, 0.5) is 0 Å². The summed E-state index contributed by atoms with van der Waals surface area (Å²) >= 11 is 0. The van der Waals surface area contributed by atoms with Gasteiger partial charge in [0.1, 0.15) is 6.04 Å². The summed E-state index contributed by atoms with van der Waals surface area (Å²) in [5.41, 5.74) is -0.868. The highest BCUT2D eigenvalue weighted by molar-refractivity contribution is 7.56. The van der Waals surface area contributed by atoms with Crippen molar-refractivity contribution in [3.8, 4) is 0 Å². The number of nitrogens with zero attached hydrogens (tertiary/aromatic N) is 1. The Morgan fingerprint density at radius 2 is 1.28 bits per heavy atom. The third-order valence-electron chi connectivity index (χ3n) is 4.18. The van der Waals surface area contributed by atoms with Gasteiger partial charge in [-0.05, 0) is 6.42 Å². The van der Waals surface area contributed by atoms with E-state index in [2.05, 4.69) is 10.3 Å². The second kappa shape index (κ2) is 18.1. The molecule has 0 saturated carbocycles. The number of nitrogens with one attached hydrogen (secondary N) is 1. The molecule has 0 saturated heterocycles. The molecule has 0 aromatic heterocycles. The lowest BCUT2D eigenvalue weighted by atomic mass is 10.4. The van der Waals surface area contributed by atoms with E-state index in [4.69, 9.17) is 23.5 Å². The maximum atomic E-state index is 11.7. The summed E-state index contributed by atoms with van der Waals surface area (Å²) in [4.78, 5) is 29.9. The monoisotopic (exact) mass is 506 g/mol. The van der Waals surface area contributed by atoms with Crippen molar-refractivity contribution < 1.29 is 42.4 Å². The van der Waals surface area contributed by atoms with Gasteiger partial charge in [-0.1, -0.05) is 32.9 Å². The Labute approximate surface area is 190 Å². The van der Waals surface area contributed by atoms with Crippen molar-refractivity contribution in [2.24, 2.45) is 5.18 Å². The van der Waals surface area contributed by atoms with E-state index in [1.54, 1.807) is 27.7 Å². The molecule has 0 heterocycles. The van der Waals surface area contributed by atoms with Crippen molar-refractivity contribution in [2.75, 3.05) is 66.0 Å². The number of hydrogen-bond acceptors (Lipinski definition) is 9. The Bertz CT molecular complexity index is 580. The van der Waals surface area contributed by atoms with E-state index in [1.807, 2.05) is 0 Å². The molecule has 12 nitrogen and oxygen atoms in total. The highest BCUT2D eigenvalue weighted by Crippen LogP contribution is 2.47. The Morgan fingerprint density at radius 3 is 1.75 bits per heavy atom. The van der Waals surface area contributed by atoms with Crippen LogP contribution in [0.25, 0.3) is 0 Å². The largest absolute Gasteiger partial charge is 0.379 e. The molecule has 3 unspecified atom stereocenters. The molecule has 0 aromatic rings. The Balaban J connectivity index is 3.48. The van der Waals surface area contributed by atoms with Crippen molar-refractivity contribution in [2.45, 2.75) is 51.5 Å². The summed E-state index contributed by atoms with van der Waals surface area (Å²) in [5.74, 6) is 0. The van der Waals surface area contributed by atoms with Crippen molar-refractivity contribution in [1.82, 2.24) is 5.09 Å². The van der Waals surface area contributed by atoms with Crippen LogP contribution in [-0.4, -0.2) is 93.2 Å². The van der Waals surface area contributed by atoms with E-state index in [0.717, 1.165) is 0 Å². The smallest absolute Gasteiger partial charge is 0.330 e. The highest BCUT2D eigenvalue weighted by Gasteiger charge is 2.26. The predicted molar refractivity (Wildman–Crippen MR) is 121 cm³/mol. The second-order valence-electron chi connectivity index (χ2n) is 7.60. The van der Waals surface area contributed by atoms with Crippen LogP contribution in [0.1, 0.15) is 34.1 Å². The molecule has 0 fully saturated rings. The molecule has 0 bridgehead atoms. The van der Waals surface area contributed by atoms with Crippen LogP contribution in [0.3, 0.4) is 0 Å². The van der Waals surface area contributed by atoms with E-state index in [1.165, 1.54) is 0 Å². The fourth-order valence-electron chi connectivity index (χ4n) is 1.93. The minimum Gasteiger partial charge on any atom is -0.379 e. The molecule has 192 valence electrons. The number of nitroso groups, excluding NO2 is 1. The van der Waals surface area contributed by atoms with Crippen molar-refractivity contribution in [1.29, 1.82) is 0 Å². The van der Waals surface area contributed by atoms with Gasteiger partial charge in [0.15, 0.2) is 0 Å². The summed E-state index contributed by atoms with van der Waals surface area (Å²) in [7, 11) is -7.00. The number of rotatable bonds is 22. The van der Waals surface area contributed by atoms with Gasteiger partial charge in [-0.2, -0.15) is 4.91 Å². The third kappa shape index (κ3) is 16.4. The lowest BCUT2D eigenvalue weighted by Crippen LogP contribution is -2.21. The summed E-state index contributed by atoms with van der Waals surface area (Å²) in [6, 6.07) is -0.864. The van der Waals surface area contributed by atoms with E-state index in [0.29, 0.717) is 52.6 Å². The zero-order valence-electron chi connectivity index (χ0n) is 19.5. The van der Waals surface area contributed by atoms with Gasteiger partial charge in [-0.15, -0.1) is 0 Å². The molecule has 3 atom stereocenters. The fourth-order valence-corrected chi connectivity index (χ4v) is 3.45. The van der Waals surface area contributed by atoms with Crippen LogP contribution < -0.4 is 5.09 Å². The first-order valence-electron chi connectivity index (χ1n) is 10.7. The van der Waals surface area contributed by atoms with Crippen molar-refractivity contribution in [3.05, 3.63) is 4.91 Å². The van der Waals surface area contributed by atoms with Crippen LogP contribution in [-0.2, 0) is 32.6 Å². The van der Waals surface area contributed by atoms with Crippen molar-refractivity contribution in [3.63, 3.8) is 0 Å². The summed E-state index contributed by atoms with van der Waals surface area (Å²) in [5, 5.41) is 5.48. The maximum absolute atomic E-state index is 11.7. The van der Waals surface area contributed by atoms with Crippen molar-refractivity contribution >= 4 is 15.1 Å². The van der Waals surface area contributed by atoms with E-state index in [-0.39, 0.29) is 25.5 Å². The van der Waals surface area contributed by atoms with Gasteiger partial charge in [0.2, 0.25) is 0 Å². The first kappa shape index (κ1) is 31.7. The highest BCUT2D eigenvalue weighted by atomic mass is 31.2. The molecule has 0 spiro atoms. The second-order valence-corrected chi connectivity index (χ2v) is 12.6. The standard InChI is InChI=1S/C18H40N2O10P2/c1-16(2)31(22,23)19-6-5-7-26-8-9-27-10-11-28-12-13-29-14-18(20-21)15-30-32(24,25)17(3)4/h16-18H,5-15H2,1-4H3,(H,24,25)(H2,19,22,23). The summed E-state index contributed by atoms with van der Waals surface area (Å²) in [6.07, 6.45) is 0.629. The molecule has 0 aliphatic rings. The zero-order valence-corrected chi connectivity index (χ0v) is 21.3. The maximum Gasteiger partial charge on any atom is 0.330 e. The first-order valence-corrected chi connectivity index (χ1v) is 14.1. The van der Waals surface area contributed by atoms with Crippen LogP contribution >= 0.6 is 15.1 Å². The lowest BCUT2D eigenvalue weighted by molar-refractivity contribution is -0.00437. The molecular weight excluding hydrogens is 466 g/mol. The summed E-state index contributed by atoms with van der Waals surface area (Å²) < 4.78 is 49.6. The minimum atomic E-state index is -3.74. The number of hydrogen-bond donors (Lipinski definition) is 3. The molecule has 0 amide bonds. The molecule has 3 N–H and O–H groups in total. The predicted octanol–water partition coefficient (Wildman–Crippen LogP) is 2.37. The quantitative estimate of drug-likeness (QED) is 0.112. The Hall–Kier alpha value is -0.260. The topological polar surface area (TPSA) is 162 Å². The molecule has 0 aromatic carbocycles. The zero-order chi connectivity index (χ0) is 24.5. The van der Waals surface area contributed by atoms with Gasteiger partial charge in [0, 0.05) is 18.8 Å². The van der Waals surface area contributed by atoms with Crippen LogP contribution in [0.5, 0.6) is 0 Å². The lowest BCUT2D eigenvalue weighted by Gasteiger charge is -2.17. The fraction of sp³-hybridized carbons (Fsp3) is 1.00. The van der Waals surface area contributed by atoms with Gasteiger partial charge in [-0.25, -0.2) is 5.09 Å². The molecule has 32 heavy (non-hydrogen) atoms. The van der Waals surface area contributed by atoms with Crippen LogP contribution in [0.15, 0.2) is 5.18 Å². The van der Waals surface area contributed by atoms with Crippen LogP contribution in [0.2, 0.25) is 0 Å². The van der Waals surface area contributed by atoms with Gasteiger partial charge in [0.05, 0.1) is 58.5 Å². The van der Waals surface area contributed by atoms with Crippen LogP contribution in [0, 0.1) is 4.91 Å². The Morgan fingerprint density at radius 1 is 0.781 bits per heavy atom. The molecule has 0 aliphatic carbocycles. The number of ether oxygens (including phenoxy) is 4. The molecule has 0 aliphatic heterocycles. The molecule has 0 rings (SSSR count). The van der Waals surface area contributed by atoms with Gasteiger partial charge < -0.3 is 33.3 Å². The van der Waals surface area contributed by atoms with Gasteiger partial charge in [0.25, 0.3) is 7.52 Å². The third-order valence-corrected chi connectivity index (χ3v) is 8.08. The first-order chi connectivity index (χ1) is 15.0. The Kier molecular flexibility index (Phi) is 18.0. The minimum absolute atomic E-state index is 0.0262. The molecular formula is C18H40N2O10P2. The van der Waals surface area contributed by atoms with E-state index >= 15 is 0 Å². The van der Waals surface area contributed by atoms with Gasteiger partial charge in [-0.3, -0.25) is 9.13 Å². The normalized spacial score (nSPS) is 16.8. The molecule has 14 heteroatoms.